The van der Waals surface area contributed by atoms with Crippen LogP contribution in [0.15, 0.2) is 66.9 Å². The summed E-state index contributed by atoms with van der Waals surface area (Å²) in [5.41, 5.74) is 10.5. The van der Waals surface area contributed by atoms with E-state index in [1.807, 2.05) is 36.2 Å². The van der Waals surface area contributed by atoms with Crippen molar-refractivity contribution in [2.75, 3.05) is 48.5 Å². The lowest BCUT2D eigenvalue weighted by molar-refractivity contribution is -0.117. The third kappa shape index (κ3) is 5.36. The highest BCUT2D eigenvalue weighted by Gasteiger charge is 2.14. The average Bonchev–Trinajstić information content (AvgIpc) is 2.84. The highest BCUT2D eigenvalue weighted by molar-refractivity contribution is 5.79. The number of anilines is 4. The summed E-state index contributed by atoms with van der Waals surface area (Å²) in [4.78, 5) is 20.5. The summed E-state index contributed by atoms with van der Waals surface area (Å²) < 4.78 is 5.44. The van der Waals surface area contributed by atoms with Gasteiger partial charge in [-0.25, -0.2) is 4.98 Å². The van der Waals surface area contributed by atoms with Crippen LogP contribution < -0.4 is 20.9 Å². The third-order valence-electron chi connectivity index (χ3n) is 5.62. The minimum absolute atomic E-state index is 0.141. The molecule has 0 bridgehead atoms. The van der Waals surface area contributed by atoms with Crippen LogP contribution in [0.1, 0.15) is 11.1 Å². The molecule has 0 aliphatic carbocycles. The Hall–Kier alpha value is -3.58. The number of amides is 1. The van der Waals surface area contributed by atoms with Gasteiger partial charge < -0.3 is 25.6 Å². The van der Waals surface area contributed by atoms with Crippen LogP contribution in [0.25, 0.3) is 0 Å². The van der Waals surface area contributed by atoms with Crippen LogP contribution in [0.5, 0.6) is 0 Å². The van der Waals surface area contributed by atoms with E-state index >= 15 is 0 Å². The van der Waals surface area contributed by atoms with Crippen LogP contribution in [0.3, 0.4) is 0 Å². The summed E-state index contributed by atoms with van der Waals surface area (Å²) in [5.74, 6) is 0.405. The van der Waals surface area contributed by atoms with Gasteiger partial charge in [-0.05, 0) is 29.8 Å². The number of morpholine rings is 1. The van der Waals surface area contributed by atoms with E-state index in [9.17, 15) is 4.79 Å². The van der Waals surface area contributed by atoms with E-state index in [1.54, 1.807) is 6.20 Å². The van der Waals surface area contributed by atoms with Crippen LogP contribution in [0.2, 0.25) is 0 Å². The van der Waals surface area contributed by atoms with Crippen LogP contribution in [0.4, 0.5) is 22.9 Å². The van der Waals surface area contributed by atoms with Crippen LogP contribution in [-0.4, -0.2) is 44.2 Å². The van der Waals surface area contributed by atoms with Gasteiger partial charge in [-0.15, -0.1) is 0 Å². The number of benzene rings is 2. The van der Waals surface area contributed by atoms with Crippen molar-refractivity contribution >= 4 is 28.8 Å². The number of ether oxygens (including phenoxy) is 1. The Kier molecular flexibility index (Phi) is 6.87. The molecular weight excluding hydrogens is 402 g/mol. The first-order chi connectivity index (χ1) is 15.6. The van der Waals surface area contributed by atoms with Gasteiger partial charge in [0.15, 0.2) is 0 Å². The minimum Gasteiger partial charge on any atom is -0.381 e. The quantitative estimate of drug-likeness (QED) is 0.569. The number of nitrogens with zero attached hydrogens (tertiary/aromatic N) is 3. The Balaban J connectivity index is 1.53. The number of rotatable bonds is 8. The van der Waals surface area contributed by atoms with Crippen molar-refractivity contribution in [2.24, 2.45) is 5.73 Å². The fourth-order valence-electron chi connectivity index (χ4n) is 3.78. The van der Waals surface area contributed by atoms with Gasteiger partial charge in [-0.1, -0.05) is 30.3 Å². The first-order valence-electron chi connectivity index (χ1n) is 10.8. The smallest absolute Gasteiger partial charge is 0.221 e. The van der Waals surface area contributed by atoms with Crippen molar-refractivity contribution in [2.45, 2.75) is 13.0 Å². The van der Waals surface area contributed by atoms with Crippen LogP contribution >= 0.6 is 0 Å². The summed E-state index contributed by atoms with van der Waals surface area (Å²) in [6, 6.07) is 20.6. The summed E-state index contributed by atoms with van der Waals surface area (Å²) in [6.45, 7) is 4.00. The number of hydrogen-bond donors (Lipinski definition) is 2. The second kappa shape index (κ2) is 10.2. The highest BCUT2D eigenvalue weighted by Crippen LogP contribution is 2.28. The van der Waals surface area contributed by atoms with Gasteiger partial charge in [-0.3, -0.25) is 4.79 Å². The van der Waals surface area contributed by atoms with E-state index in [-0.39, 0.29) is 12.3 Å². The molecule has 2 heterocycles. The molecule has 1 fully saturated rings. The molecule has 7 heteroatoms. The SMILES string of the molecule is CN(c1ccc(N2CCOCC2)cc1)c1cc(NCc2ccccc2)c(CC(N)=O)cn1. The molecule has 4 rings (SSSR count). The van der Waals surface area contributed by atoms with Gasteiger partial charge in [-0.2, -0.15) is 0 Å². The maximum absolute atomic E-state index is 11.5. The molecule has 1 saturated heterocycles. The molecule has 1 amide bonds. The van der Waals surface area contributed by atoms with E-state index in [0.29, 0.717) is 6.54 Å². The predicted molar refractivity (Wildman–Crippen MR) is 128 cm³/mol. The van der Waals surface area contributed by atoms with Crippen molar-refractivity contribution in [3.8, 4) is 0 Å². The second-order valence-electron chi connectivity index (χ2n) is 7.86. The van der Waals surface area contributed by atoms with Crippen LogP contribution in [0, 0.1) is 0 Å². The maximum Gasteiger partial charge on any atom is 0.221 e. The normalized spacial score (nSPS) is 13.6. The number of pyridine rings is 1. The molecule has 166 valence electrons. The molecule has 1 aromatic heterocycles. The van der Waals surface area contributed by atoms with E-state index in [0.717, 1.165) is 54.6 Å². The van der Waals surface area contributed by atoms with Gasteiger partial charge in [0.2, 0.25) is 5.91 Å². The minimum atomic E-state index is -0.380. The Labute approximate surface area is 188 Å². The number of hydrogen-bond acceptors (Lipinski definition) is 6. The Morgan fingerprint density at radius 1 is 1.12 bits per heavy atom. The van der Waals surface area contributed by atoms with Gasteiger partial charge in [0.25, 0.3) is 0 Å². The molecular formula is C25H29N5O2. The zero-order valence-corrected chi connectivity index (χ0v) is 18.3. The molecule has 7 nitrogen and oxygen atoms in total. The number of aromatic nitrogens is 1. The van der Waals surface area contributed by atoms with Crippen molar-refractivity contribution < 1.29 is 9.53 Å². The number of carbonyl (C=O) groups is 1. The molecule has 3 N–H and O–H groups in total. The molecule has 0 unspecified atom stereocenters. The number of nitrogens with one attached hydrogen (secondary N) is 1. The molecule has 0 spiro atoms. The summed E-state index contributed by atoms with van der Waals surface area (Å²) >= 11 is 0. The van der Waals surface area contributed by atoms with Crippen molar-refractivity contribution in [3.05, 3.63) is 78.0 Å². The van der Waals surface area contributed by atoms with Gasteiger partial charge in [0, 0.05) is 61.6 Å². The van der Waals surface area contributed by atoms with E-state index in [2.05, 4.69) is 51.6 Å². The maximum atomic E-state index is 11.5. The topological polar surface area (TPSA) is 83.7 Å². The van der Waals surface area contributed by atoms with Crippen LogP contribution in [-0.2, 0) is 22.5 Å². The molecule has 0 saturated carbocycles. The lowest BCUT2D eigenvalue weighted by atomic mass is 10.1. The monoisotopic (exact) mass is 431 g/mol. The fraction of sp³-hybridized carbons (Fsp3) is 0.280. The molecule has 1 aliphatic rings. The second-order valence-corrected chi connectivity index (χ2v) is 7.86. The number of carbonyl (C=O) groups excluding carboxylic acids is 1. The average molecular weight is 432 g/mol. The zero-order chi connectivity index (χ0) is 22.3. The first-order valence-corrected chi connectivity index (χ1v) is 10.8. The van der Waals surface area contributed by atoms with Crippen molar-refractivity contribution in [1.29, 1.82) is 0 Å². The fourth-order valence-corrected chi connectivity index (χ4v) is 3.78. The Bertz CT molecular complexity index is 1030. The predicted octanol–water partition coefficient (Wildman–Crippen LogP) is 3.33. The Morgan fingerprint density at radius 3 is 2.53 bits per heavy atom. The van der Waals surface area contributed by atoms with Crippen molar-refractivity contribution in [3.63, 3.8) is 0 Å². The molecule has 2 aromatic carbocycles. The molecule has 0 radical (unpaired) electrons. The number of primary amides is 1. The van der Waals surface area contributed by atoms with E-state index < -0.39 is 0 Å². The molecule has 0 atom stereocenters. The Morgan fingerprint density at radius 2 is 1.84 bits per heavy atom. The molecule has 1 aliphatic heterocycles. The lowest BCUT2D eigenvalue weighted by Gasteiger charge is -2.29. The first kappa shape index (κ1) is 21.6. The highest BCUT2D eigenvalue weighted by atomic mass is 16.5. The summed E-state index contributed by atoms with van der Waals surface area (Å²) in [6.07, 6.45) is 1.87. The van der Waals surface area contributed by atoms with Gasteiger partial charge in [0.1, 0.15) is 5.82 Å². The third-order valence-corrected chi connectivity index (χ3v) is 5.62. The molecule has 32 heavy (non-hydrogen) atoms. The number of nitrogens with two attached hydrogens (primary N) is 1. The lowest BCUT2D eigenvalue weighted by Crippen LogP contribution is -2.36. The largest absolute Gasteiger partial charge is 0.381 e. The summed E-state index contributed by atoms with van der Waals surface area (Å²) in [5, 5.41) is 3.44. The summed E-state index contributed by atoms with van der Waals surface area (Å²) in [7, 11) is 1.99. The standard InChI is InChI=1S/C25H29N5O2/c1-29(21-7-9-22(10-8-21)30-11-13-32-14-12-30)25-16-23(20(18-28-25)15-24(26)31)27-17-19-5-3-2-4-6-19/h2-10,16,18H,11-15,17H2,1H3,(H2,26,31)(H,27,28). The zero-order valence-electron chi connectivity index (χ0n) is 18.3. The van der Waals surface area contributed by atoms with Crippen molar-refractivity contribution in [1.82, 2.24) is 4.98 Å². The van der Waals surface area contributed by atoms with Gasteiger partial charge in [0.05, 0.1) is 19.6 Å². The van der Waals surface area contributed by atoms with E-state index in [1.165, 1.54) is 5.69 Å². The molecule has 3 aromatic rings. The van der Waals surface area contributed by atoms with E-state index in [4.69, 9.17) is 10.5 Å². The van der Waals surface area contributed by atoms with Gasteiger partial charge >= 0.3 is 0 Å².